The molecule has 6 rings (SSSR count). The Bertz CT molecular complexity index is 1640. The van der Waals surface area contributed by atoms with E-state index in [2.05, 4.69) is 42.8 Å². The summed E-state index contributed by atoms with van der Waals surface area (Å²) in [6.07, 6.45) is -0.797. The highest BCUT2D eigenvalue weighted by Crippen LogP contribution is 2.31. The second-order valence-corrected chi connectivity index (χ2v) is 11.4. The molecule has 0 radical (unpaired) electrons. The minimum Gasteiger partial charge on any atom is -0.367 e. The van der Waals surface area contributed by atoms with Gasteiger partial charge in [-0.15, -0.1) is 0 Å². The molecular formula is C31H34F3N9O. The number of carbonyl (C=O) groups excluding carboxylic acids is 1. The number of nitrogens with one attached hydrogen (secondary N) is 3. The molecule has 230 valence electrons. The average Bonchev–Trinajstić information content (AvgIpc) is 3.73. The van der Waals surface area contributed by atoms with Crippen molar-refractivity contribution < 1.29 is 18.0 Å². The van der Waals surface area contributed by atoms with Crippen LogP contribution in [0.1, 0.15) is 40.0 Å². The van der Waals surface area contributed by atoms with Gasteiger partial charge in [0.25, 0.3) is 5.91 Å². The lowest BCUT2D eigenvalue weighted by molar-refractivity contribution is -0.137. The van der Waals surface area contributed by atoms with Crippen molar-refractivity contribution in [3.8, 4) is 5.82 Å². The summed E-state index contributed by atoms with van der Waals surface area (Å²) in [4.78, 5) is 26.4. The van der Waals surface area contributed by atoms with Crippen molar-refractivity contribution >= 4 is 28.9 Å². The molecule has 2 aliphatic rings. The van der Waals surface area contributed by atoms with Crippen molar-refractivity contribution in [3.05, 3.63) is 83.3 Å². The molecule has 1 amide bonds. The van der Waals surface area contributed by atoms with Crippen LogP contribution in [0, 0.1) is 6.92 Å². The summed E-state index contributed by atoms with van der Waals surface area (Å²) in [6, 6.07) is 13.9. The van der Waals surface area contributed by atoms with Gasteiger partial charge in [0, 0.05) is 67.8 Å². The van der Waals surface area contributed by atoms with E-state index in [4.69, 9.17) is 5.10 Å². The number of anilines is 4. The molecule has 10 nitrogen and oxygen atoms in total. The topological polar surface area (TPSA) is 103 Å². The van der Waals surface area contributed by atoms with Gasteiger partial charge < -0.3 is 20.9 Å². The molecule has 0 bridgehead atoms. The maximum Gasteiger partial charge on any atom is 0.416 e. The monoisotopic (exact) mass is 605 g/mol. The summed E-state index contributed by atoms with van der Waals surface area (Å²) in [5.41, 5.74) is 1.94. The molecule has 1 aliphatic heterocycles. The lowest BCUT2D eigenvalue weighted by Crippen LogP contribution is -2.43. The maximum absolute atomic E-state index is 13.2. The summed E-state index contributed by atoms with van der Waals surface area (Å²) in [5, 5.41) is 14.5. The lowest BCUT2D eigenvalue weighted by Gasteiger charge is -2.31. The summed E-state index contributed by atoms with van der Waals surface area (Å²) in [5.74, 6) is 1.37. The number of benzene rings is 2. The Morgan fingerprint density at radius 3 is 2.55 bits per heavy atom. The highest BCUT2D eigenvalue weighted by molar-refractivity contribution is 6.04. The molecule has 0 unspecified atom stereocenters. The van der Waals surface area contributed by atoms with Gasteiger partial charge in [0.05, 0.1) is 11.3 Å². The fraction of sp³-hybridized carbons (Fsp3) is 0.355. The fourth-order valence-electron chi connectivity index (χ4n) is 5.00. The quantitative estimate of drug-likeness (QED) is 0.236. The van der Waals surface area contributed by atoms with Crippen LogP contribution in [0.25, 0.3) is 5.82 Å². The third-order valence-corrected chi connectivity index (χ3v) is 7.75. The normalized spacial score (nSPS) is 16.1. The van der Waals surface area contributed by atoms with Gasteiger partial charge in [-0.3, -0.25) is 9.69 Å². The first-order valence-electron chi connectivity index (χ1n) is 14.6. The lowest BCUT2D eigenvalue weighted by atomic mass is 10.1. The fourth-order valence-corrected chi connectivity index (χ4v) is 5.00. The highest BCUT2D eigenvalue weighted by Gasteiger charge is 2.31. The van der Waals surface area contributed by atoms with Crippen LogP contribution in [0.15, 0.2) is 60.9 Å². The van der Waals surface area contributed by atoms with E-state index < -0.39 is 17.6 Å². The Labute approximate surface area is 253 Å². The molecule has 2 aromatic heterocycles. The van der Waals surface area contributed by atoms with Crippen LogP contribution < -0.4 is 16.0 Å². The number of nitrogens with zero attached hydrogens (tertiary/aromatic N) is 6. The minimum atomic E-state index is -4.54. The zero-order valence-electron chi connectivity index (χ0n) is 24.5. The zero-order chi connectivity index (χ0) is 30.8. The molecule has 3 N–H and O–H groups in total. The van der Waals surface area contributed by atoms with E-state index in [1.54, 1.807) is 16.8 Å². The van der Waals surface area contributed by atoms with Crippen LogP contribution in [-0.2, 0) is 12.7 Å². The number of hydrogen-bond acceptors (Lipinski definition) is 8. The zero-order valence-corrected chi connectivity index (χ0v) is 24.5. The van der Waals surface area contributed by atoms with E-state index >= 15 is 0 Å². The van der Waals surface area contributed by atoms with Crippen LogP contribution in [0.4, 0.5) is 36.2 Å². The van der Waals surface area contributed by atoms with E-state index in [1.165, 1.54) is 18.5 Å². The second kappa shape index (κ2) is 12.2. The number of aryl methyl sites for hydroxylation is 1. The molecule has 0 atom stereocenters. The largest absolute Gasteiger partial charge is 0.416 e. The van der Waals surface area contributed by atoms with Gasteiger partial charge in [0.15, 0.2) is 5.82 Å². The Morgan fingerprint density at radius 1 is 1.00 bits per heavy atom. The number of alkyl halides is 3. The summed E-state index contributed by atoms with van der Waals surface area (Å²) < 4.78 is 41.3. The molecule has 2 aromatic carbocycles. The first-order valence-corrected chi connectivity index (χ1v) is 14.6. The molecule has 1 aliphatic carbocycles. The van der Waals surface area contributed by atoms with Gasteiger partial charge >= 0.3 is 6.18 Å². The molecular weight excluding hydrogens is 571 g/mol. The second-order valence-electron chi connectivity index (χ2n) is 11.4. The van der Waals surface area contributed by atoms with Crippen molar-refractivity contribution in [3.63, 3.8) is 0 Å². The predicted octanol–water partition coefficient (Wildman–Crippen LogP) is 5.31. The molecule has 44 heavy (non-hydrogen) atoms. The number of rotatable bonds is 9. The van der Waals surface area contributed by atoms with Crippen LogP contribution >= 0.6 is 0 Å². The number of carbonyl (C=O) groups is 1. The molecule has 0 spiro atoms. The van der Waals surface area contributed by atoms with Crippen LogP contribution in [-0.4, -0.2) is 74.7 Å². The van der Waals surface area contributed by atoms with Crippen molar-refractivity contribution in [2.24, 2.45) is 0 Å². The first-order chi connectivity index (χ1) is 21.1. The smallest absolute Gasteiger partial charge is 0.367 e. The van der Waals surface area contributed by atoms with Crippen molar-refractivity contribution in [2.45, 2.75) is 38.5 Å². The van der Waals surface area contributed by atoms with E-state index in [-0.39, 0.29) is 5.56 Å². The molecule has 4 aromatic rings. The Hall–Kier alpha value is -4.49. The third kappa shape index (κ3) is 7.17. The van der Waals surface area contributed by atoms with Gasteiger partial charge in [-0.1, -0.05) is 12.1 Å². The molecule has 3 heterocycles. The molecule has 1 saturated heterocycles. The Kier molecular flexibility index (Phi) is 8.23. The number of halogens is 3. The number of likely N-dealkylation sites (N-methyl/N-ethyl adjacent to an activating group) is 1. The summed E-state index contributed by atoms with van der Waals surface area (Å²) >= 11 is 0. The van der Waals surface area contributed by atoms with E-state index in [9.17, 15) is 18.0 Å². The molecule has 1 saturated carbocycles. The van der Waals surface area contributed by atoms with Crippen molar-refractivity contribution in [2.75, 3.05) is 49.2 Å². The first kappa shape index (κ1) is 29.6. The maximum atomic E-state index is 13.2. The van der Waals surface area contributed by atoms with Gasteiger partial charge in [0.2, 0.25) is 0 Å². The highest BCUT2D eigenvalue weighted by atomic mass is 19.4. The molecule has 2 fully saturated rings. The van der Waals surface area contributed by atoms with Gasteiger partial charge in [-0.25, -0.2) is 9.97 Å². The van der Waals surface area contributed by atoms with E-state index in [0.717, 1.165) is 68.2 Å². The predicted molar refractivity (Wildman–Crippen MR) is 162 cm³/mol. The third-order valence-electron chi connectivity index (χ3n) is 7.75. The average molecular weight is 606 g/mol. The Morgan fingerprint density at radius 2 is 1.80 bits per heavy atom. The molecule has 13 heteroatoms. The number of aromatic nitrogens is 4. The van der Waals surface area contributed by atoms with Crippen molar-refractivity contribution in [1.82, 2.24) is 29.5 Å². The number of amides is 1. The standard InChI is InChI=1S/C31H34F3N9O/c1-20-6-7-24(38-30(44)21-4-3-5-22(14-21)31(32,33)34)15-26(20)39-29-16-25(18-42-12-10-41(2)11-13-42)40-43(29)28-17-27(35-19-36-28)37-23-8-9-23/h3-7,14-17,19,23,39H,8-13,18H2,1-2H3,(H,38,44)(H,35,36,37). The van der Waals surface area contributed by atoms with Gasteiger partial charge in [0.1, 0.15) is 18.0 Å². The number of hydrogen-bond donors (Lipinski definition) is 3. The summed E-state index contributed by atoms with van der Waals surface area (Å²) in [7, 11) is 2.12. The SMILES string of the molecule is Cc1ccc(NC(=O)c2cccc(C(F)(F)F)c2)cc1Nc1cc(CN2CCN(C)CC2)nn1-c1cc(NC2CC2)ncn1. The minimum absolute atomic E-state index is 0.0825. The van der Waals surface area contributed by atoms with E-state index in [0.29, 0.717) is 35.6 Å². The Balaban J connectivity index is 1.26. The van der Waals surface area contributed by atoms with Crippen molar-refractivity contribution in [1.29, 1.82) is 0 Å². The van der Waals surface area contributed by atoms with Gasteiger partial charge in [-0.2, -0.15) is 23.0 Å². The van der Waals surface area contributed by atoms with Crippen LogP contribution in [0.5, 0.6) is 0 Å². The van der Waals surface area contributed by atoms with Crippen LogP contribution in [0.3, 0.4) is 0 Å². The van der Waals surface area contributed by atoms with Gasteiger partial charge in [-0.05, 0) is 62.7 Å². The number of piperazine rings is 1. The van der Waals surface area contributed by atoms with Crippen LogP contribution in [0.2, 0.25) is 0 Å². The van der Waals surface area contributed by atoms with E-state index in [1.807, 2.05) is 25.1 Å². The summed E-state index contributed by atoms with van der Waals surface area (Å²) in [6.45, 7) is 6.48.